The maximum atomic E-state index is 12.2. The predicted octanol–water partition coefficient (Wildman–Crippen LogP) is 2.08. The Morgan fingerprint density at radius 3 is 2.53 bits per heavy atom. The molecule has 1 radical (unpaired) electrons. The Morgan fingerprint density at radius 1 is 1.40 bits per heavy atom. The van der Waals surface area contributed by atoms with E-state index in [9.17, 15) is 13.2 Å². The Labute approximate surface area is 84.8 Å². The molecule has 4 nitrogen and oxygen atoms in total. The van der Waals surface area contributed by atoms with Crippen LogP contribution in [0.15, 0.2) is 15.9 Å². The van der Waals surface area contributed by atoms with Crippen LogP contribution in [-0.4, -0.2) is 32.2 Å². The molecule has 0 amide bonds. The molecule has 0 N–H and O–H groups in total. The van der Waals surface area contributed by atoms with Crippen molar-refractivity contribution in [2.24, 2.45) is 10.2 Å². The molecule has 0 aromatic heterocycles. The van der Waals surface area contributed by atoms with Crippen LogP contribution in [-0.2, 0) is 9.47 Å². The molecule has 1 heterocycles. The van der Waals surface area contributed by atoms with E-state index in [-0.39, 0.29) is 13.2 Å². The summed E-state index contributed by atoms with van der Waals surface area (Å²) in [4.78, 5) is 0. The fourth-order valence-electron chi connectivity index (χ4n) is 0.931. The van der Waals surface area contributed by atoms with Gasteiger partial charge in [-0.05, 0) is 6.92 Å². The average molecular weight is 223 g/mol. The minimum absolute atomic E-state index is 0.129. The van der Waals surface area contributed by atoms with E-state index in [1.54, 1.807) is 0 Å². The molecule has 0 fully saturated rings. The van der Waals surface area contributed by atoms with Gasteiger partial charge in [0.1, 0.15) is 0 Å². The van der Waals surface area contributed by atoms with Crippen molar-refractivity contribution in [2.45, 2.75) is 18.8 Å². The second-order valence-corrected chi connectivity index (χ2v) is 3.00. The van der Waals surface area contributed by atoms with Crippen LogP contribution in [0.5, 0.6) is 0 Å². The third kappa shape index (κ3) is 3.28. The molecule has 0 aromatic carbocycles. The zero-order valence-corrected chi connectivity index (χ0v) is 8.26. The van der Waals surface area contributed by atoms with E-state index in [1.807, 2.05) is 6.08 Å². The number of methoxy groups -OCH3 is 1. The second kappa shape index (κ2) is 4.28. The van der Waals surface area contributed by atoms with Gasteiger partial charge in [-0.3, -0.25) is 0 Å². The quantitative estimate of drug-likeness (QED) is 0.685. The summed E-state index contributed by atoms with van der Waals surface area (Å²) >= 11 is 0. The first-order chi connectivity index (χ1) is 6.87. The first-order valence-corrected chi connectivity index (χ1v) is 4.15. The highest BCUT2D eigenvalue weighted by molar-refractivity contribution is 5.11. The number of rotatable bonds is 4. The van der Waals surface area contributed by atoms with Gasteiger partial charge in [0.05, 0.1) is 19.3 Å². The molecule has 0 bridgehead atoms. The van der Waals surface area contributed by atoms with Crippen LogP contribution in [0.2, 0.25) is 0 Å². The highest BCUT2D eigenvalue weighted by atomic mass is 19.4. The molecule has 1 aliphatic heterocycles. The highest BCUT2D eigenvalue weighted by Crippen LogP contribution is 2.34. The number of ether oxygens (including phenoxy) is 2. The van der Waals surface area contributed by atoms with Gasteiger partial charge in [-0.15, -0.1) is 10.2 Å². The molecule has 0 spiro atoms. The van der Waals surface area contributed by atoms with Crippen molar-refractivity contribution in [3.8, 4) is 0 Å². The molecule has 0 saturated heterocycles. The standard InChI is InChI=1S/C8H10F3N2O2/c1-7(15-4-3-14-2)5-6(12-13-7)8(9,10)11/h3-4H2,1-2H3. The lowest BCUT2D eigenvalue weighted by Crippen LogP contribution is -2.24. The summed E-state index contributed by atoms with van der Waals surface area (Å²) in [7, 11) is 1.46. The lowest BCUT2D eigenvalue weighted by atomic mass is 10.2. The van der Waals surface area contributed by atoms with Crippen molar-refractivity contribution in [3.05, 3.63) is 11.8 Å². The molecule has 15 heavy (non-hydrogen) atoms. The van der Waals surface area contributed by atoms with Crippen molar-refractivity contribution in [1.29, 1.82) is 0 Å². The third-order valence-corrected chi connectivity index (χ3v) is 1.63. The van der Waals surface area contributed by atoms with Gasteiger partial charge in [0, 0.05) is 7.11 Å². The van der Waals surface area contributed by atoms with Crippen molar-refractivity contribution in [1.82, 2.24) is 0 Å². The molecule has 0 saturated carbocycles. The maximum Gasteiger partial charge on any atom is 0.435 e. The fourth-order valence-corrected chi connectivity index (χ4v) is 0.931. The van der Waals surface area contributed by atoms with Gasteiger partial charge in [-0.1, -0.05) is 0 Å². The summed E-state index contributed by atoms with van der Waals surface area (Å²) in [6, 6.07) is 0. The van der Waals surface area contributed by atoms with Crippen LogP contribution < -0.4 is 0 Å². The van der Waals surface area contributed by atoms with E-state index in [1.165, 1.54) is 14.0 Å². The lowest BCUT2D eigenvalue weighted by molar-refractivity contribution is -0.0936. The van der Waals surface area contributed by atoms with E-state index >= 15 is 0 Å². The first kappa shape index (κ1) is 12.1. The summed E-state index contributed by atoms with van der Waals surface area (Å²) in [6.07, 6.45) is -2.49. The predicted molar refractivity (Wildman–Crippen MR) is 43.9 cm³/mol. The zero-order chi connectivity index (χ0) is 11.5. The van der Waals surface area contributed by atoms with Crippen molar-refractivity contribution >= 4 is 0 Å². The van der Waals surface area contributed by atoms with Crippen LogP contribution >= 0.6 is 0 Å². The summed E-state index contributed by atoms with van der Waals surface area (Å²) in [5.74, 6) is 0. The monoisotopic (exact) mass is 223 g/mol. The van der Waals surface area contributed by atoms with E-state index in [4.69, 9.17) is 4.74 Å². The van der Waals surface area contributed by atoms with Crippen LogP contribution in [0.1, 0.15) is 6.92 Å². The Bertz CT molecular complexity index is 288. The molecule has 0 aliphatic carbocycles. The number of hydrogen-bond acceptors (Lipinski definition) is 4. The van der Waals surface area contributed by atoms with Gasteiger partial charge in [0.2, 0.25) is 5.72 Å². The highest BCUT2D eigenvalue weighted by Gasteiger charge is 2.41. The number of hydrogen-bond donors (Lipinski definition) is 0. The topological polar surface area (TPSA) is 43.2 Å². The van der Waals surface area contributed by atoms with E-state index in [0.29, 0.717) is 0 Å². The van der Waals surface area contributed by atoms with Gasteiger partial charge in [-0.2, -0.15) is 13.2 Å². The number of alkyl halides is 3. The minimum atomic E-state index is -4.54. The van der Waals surface area contributed by atoms with Crippen molar-refractivity contribution in [2.75, 3.05) is 20.3 Å². The zero-order valence-electron chi connectivity index (χ0n) is 8.26. The van der Waals surface area contributed by atoms with Gasteiger partial charge in [0.15, 0.2) is 5.70 Å². The summed E-state index contributed by atoms with van der Waals surface area (Å²) in [5, 5.41) is 6.35. The van der Waals surface area contributed by atoms with E-state index in [2.05, 4.69) is 15.0 Å². The first-order valence-electron chi connectivity index (χ1n) is 4.15. The second-order valence-electron chi connectivity index (χ2n) is 3.00. The lowest BCUT2D eigenvalue weighted by Gasteiger charge is -2.16. The normalized spacial score (nSPS) is 25.8. The Hall–Kier alpha value is -0.950. The van der Waals surface area contributed by atoms with Crippen LogP contribution in [0.25, 0.3) is 0 Å². The molecule has 0 aromatic rings. The maximum absolute atomic E-state index is 12.2. The van der Waals surface area contributed by atoms with E-state index in [0.717, 1.165) is 0 Å². The number of nitrogens with zero attached hydrogens (tertiary/aromatic N) is 2. The molecule has 1 aliphatic rings. The molecule has 1 rings (SSSR count). The smallest absolute Gasteiger partial charge is 0.382 e. The summed E-state index contributed by atoms with van der Waals surface area (Å²) in [6.45, 7) is 1.75. The van der Waals surface area contributed by atoms with Crippen molar-refractivity contribution < 1.29 is 22.6 Å². The van der Waals surface area contributed by atoms with Gasteiger partial charge in [0.25, 0.3) is 0 Å². The van der Waals surface area contributed by atoms with Crippen LogP contribution in [0.3, 0.4) is 0 Å². The van der Waals surface area contributed by atoms with Crippen molar-refractivity contribution in [3.63, 3.8) is 0 Å². The molecule has 7 heteroatoms. The van der Waals surface area contributed by atoms with Crippen LogP contribution in [0.4, 0.5) is 13.2 Å². The molecular weight excluding hydrogens is 213 g/mol. The summed E-state index contributed by atoms with van der Waals surface area (Å²) < 4.78 is 46.2. The van der Waals surface area contributed by atoms with Gasteiger partial charge in [-0.25, -0.2) is 0 Å². The third-order valence-electron chi connectivity index (χ3n) is 1.63. The largest absolute Gasteiger partial charge is 0.435 e. The van der Waals surface area contributed by atoms with Crippen LogP contribution in [0, 0.1) is 6.08 Å². The molecule has 1 unspecified atom stereocenters. The molecule has 85 valence electrons. The molecular formula is C8H10F3N2O2. The van der Waals surface area contributed by atoms with Gasteiger partial charge >= 0.3 is 6.18 Å². The Morgan fingerprint density at radius 2 is 2.07 bits per heavy atom. The Kier molecular flexibility index (Phi) is 3.46. The molecule has 1 atom stereocenters. The minimum Gasteiger partial charge on any atom is -0.382 e. The summed E-state index contributed by atoms with van der Waals surface area (Å²) in [5.41, 5.74) is -2.61. The SMILES string of the molecule is COCCOC1(C)[C]=C(C(F)(F)F)N=N1. The van der Waals surface area contributed by atoms with Gasteiger partial charge < -0.3 is 9.47 Å². The number of allylic oxidation sites excluding steroid dienone is 1. The van der Waals surface area contributed by atoms with E-state index < -0.39 is 17.6 Å². The Balaban J connectivity index is 2.60. The average Bonchev–Trinajstić information content (AvgIpc) is 2.48. The number of halogens is 3. The fraction of sp³-hybridized carbons (Fsp3) is 0.750. The number of azo groups is 1.